The molecule has 1 aromatic carbocycles. The Labute approximate surface area is 82.5 Å². The summed E-state index contributed by atoms with van der Waals surface area (Å²) in [4.78, 5) is 0. The van der Waals surface area contributed by atoms with Gasteiger partial charge in [0.25, 0.3) is 0 Å². The zero-order valence-corrected chi connectivity index (χ0v) is 9.65. The molecular weight excluding hydrogens is 176 g/mol. The van der Waals surface area contributed by atoms with Gasteiger partial charge in [-0.1, -0.05) is 50.1 Å². The summed E-state index contributed by atoms with van der Waals surface area (Å²) in [5.74, 6) is 0. The molecule has 0 radical (unpaired) electrons. The molecule has 2 heteroatoms. The minimum atomic E-state index is -1.09. The molecule has 0 aliphatic carbocycles. The molecule has 0 amide bonds. The Bertz CT molecular complexity index is 223. The highest BCUT2D eigenvalue weighted by Gasteiger charge is 2.11. The average Bonchev–Trinajstić information content (AvgIpc) is 2.21. The molecule has 0 aliphatic rings. The van der Waals surface area contributed by atoms with Crippen molar-refractivity contribution in [3.05, 3.63) is 30.3 Å². The molecule has 0 heterocycles. The van der Waals surface area contributed by atoms with E-state index in [-0.39, 0.29) is 0 Å². The van der Waals surface area contributed by atoms with Crippen LogP contribution in [0.15, 0.2) is 30.3 Å². The zero-order valence-electron chi connectivity index (χ0n) is 8.49. The van der Waals surface area contributed by atoms with Crippen LogP contribution in [0, 0.1) is 0 Å². The predicted octanol–water partition coefficient (Wildman–Crippen LogP) is 2.06. The molecule has 0 aliphatic heterocycles. The first-order valence-electron chi connectivity index (χ1n) is 4.96. The number of rotatable bonds is 5. The molecule has 13 heavy (non-hydrogen) atoms. The fourth-order valence-corrected chi connectivity index (χ4v) is 3.75. The fraction of sp³-hybridized carbons (Fsp3) is 0.455. The summed E-state index contributed by atoms with van der Waals surface area (Å²) in [5, 5.41) is 1.43. The minimum absolute atomic E-state index is 1.09. The second-order valence-corrected chi connectivity index (χ2v) is 5.97. The molecule has 0 saturated carbocycles. The van der Waals surface area contributed by atoms with Gasteiger partial charge in [-0.05, 0) is 11.2 Å². The van der Waals surface area contributed by atoms with Gasteiger partial charge in [0.15, 0.2) is 0 Å². The van der Waals surface area contributed by atoms with Crippen molar-refractivity contribution >= 4 is 14.2 Å². The van der Waals surface area contributed by atoms with Crippen LogP contribution in [-0.4, -0.2) is 16.2 Å². The lowest BCUT2D eigenvalue weighted by Gasteiger charge is -2.12. The van der Waals surface area contributed by atoms with Crippen LogP contribution >= 0.6 is 0 Å². The first kappa shape index (κ1) is 10.5. The average molecular weight is 194 g/mol. The molecule has 0 fully saturated rings. The quantitative estimate of drug-likeness (QED) is 0.652. The van der Waals surface area contributed by atoms with Crippen LogP contribution in [0.25, 0.3) is 0 Å². The third-order valence-corrected chi connectivity index (χ3v) is 4.91. The van der Waals surface area contributed by atoms with E-state index in [9.17, 15) is 0 Å². The second-order valence-electron chi connectivity index (χ2n) is 3.28. The van der Waals surface area contributed by atoms with Crippen molar-refractivity contribution in [3.63, 3.8) is 0 Å². The summed E-state index contributed by atoms with van der Waals surface area (Å²) in [6.07, 6.45) is 2.55. The Morgan fingerprint density at radius 3 is 2.46 bits per heavy atom. The summed E-state index contributed by atoms with van der Waals surface area (Å²) >= 11 is 0. The van der Waals surface area contributed by atoms with Gasteiger partial charge in [-0.15, -0.1) is 0 Å². The van der Waals surface area contributed by atoms with Crippen LogP contribution in [0.3, 0.4) is 0 Å². The van der Waals surface area contributed by atoms with E-state index >= 15 is 0 Å². The largest absolute Gasteiger partial charge is 0.418 e. The third kappa shape index (κ3) is 3.33. The lowest BCUT2D eigenvalue weighted by Crippen LogP contribution is -2.31. The van der Waals surface area contributed by atoms with Gasteiger partial charge < -0.3 is 4.43 Å². The normalized spacial score (nSPS) is 12.8. The minimum Gasteiger partial charge on any atom is -0.418 e. The molecule has 1 atom stereocenters. The van der Waals surface area contributed by atoms with Crippen LogP contribution in [-0.2, 0) is 4.43 Å². The third-order valence-electron chi connectivity index (χ3n) is 2.28. The number of hydrogen-bond acceptors (Lipinski definition) is 1. The van der Waals surface area contributed by atoms with Crippen LogP contribution < -0.4 is 5.19 Å². The highest BCUT2D eigenvalue weighted by molar-refractivity contribution is 6.67. The molecule has 1 rings (SSSR count). The zero-order chi connectivity index (χ0) is 9.52. The molecular formula is C11H18OSi. The monoisotopic (exact) mass is 194 g/mol. The van der Waals surface area contributed by atoms with Crippen LogP contribution in [0.4, 0.5) is 0 Å². The van der Waals surface area contributed by atoms with Crippen molar-refractivity contribution in [2.75, 3.05) is 7.11 Å². The Morgan fingerprint density at radius 2 is 1.92 bits per heavy atom. The summed E-state index contributed by atoms with van der Waals surface area (Å²) < 4.78 is 5.58. The molecule has 72 valence electrons. The van der Waals surface area contributed by atoms with Gasteiger partial charge in [-0.25, -0.2) is 0 Å². The maximum absolute atomic E-state index is 5.58. The van der Waals surface area contributed by atoms with E-state index in [0.717, 1.165) is 0 Å². The standard InChI is InChI=1S/C11H18OSi/c1-3-4-10-13(12-2)11-8-6-5-7-9-11/h5-9,13H,3-4,10H2,1-2H3. The molecule has 0 saturated heterocycles. The van der Waals surface area contributed by atoms with Gasteiger partial charge in [0, 0.05) is 7.11 Å². The topological polar surface area (TPSA) is 9.23 Å². The van der Waals surface area contributed by atoms with E-state index in [1.54, 1.807) is 0 Å². The van der Waals surface area contributed by atoms with E-state index < -0.39 is 9.04 Å². The predicted molar refractivity (Wildman–Crippen MR) is 59.9 cm³/mol. The first-order valence-corrected chi connectivity index (χ1v) is 6.82. The van der Waals surface area contributed by atoms with Crippen molar-refractivity contribution in [2.24, 2.45) is 0 Å². The maximum atomic E-state index is 5.58. The summed E-state index contributed by atoms with van der Waals surface area (Å²) in [7, 11) is 0.758. The molecule has 0 N–H and O–H groups in total. The van der Waals surface area contributed by atoms with E-state index in [1.165, 1.54) is 24.1 Å². The Hall–Kier alpha value is -0.603. The second kappa shape index (κ2) is 5.94. The molecule has 1 unspecified atom stereocenters. The van der Waals surface area contributed by atoms with Crippen molar-refractivity contribution in [1.29, 1.82) is 0 Å². The van der Waals surface area contributed by atoms with Gasteiger partial charge in [-0.2, -0.15) is 0 Å². The SMILES string of the molecule is CCCC[SiH](OC)c1ccccc1. The molecule has 0 aromatic heterocycles. The number of hydrogen-bond donors (Lipinski definition) is 0. The van der Waals surface area contributed by atoms with Crippen molar-refractivity contribution in [3.8, 4) is 0 Å². The van der Waals surface area contributed by atoms with Crippen molar-refractivity contribution in [1.82, 2.24) is 0 Å². The first-order chi connectivity index (χ1) is 6.38. The Morgan fingerprint density at radius 1 is 1.23 bits per heavy atom. The van der Waals surface area contributed by atoms with Gasteiger partial charge in [0.2, 0.25) is 9.04 Å². The summed E-state index contributed by atoms with van der Waals surface area (Å²) in [5.41, 5.74) is 0. The van der Waals surface area contributed by atoms with E-state index in [2.05, 4.69) is 37.3 Å². The molecule has 1 nitrogen and oxygen atoms in total. The van der Waals surface area contributed by atoms with Crippen molar-refractivity contribution < 1.29 is 4.43 Å². The fourth-order valence-electron chi connectivity index (χ4n) is 1.48. The highest BCUT2D eigenvalue weighted by Crippen LogP contribution is 2.02. The van der Waals surface area contributed by atoms with Gasteiger partial charge in [0.1, 0.15) is 0 Å². The lowest BCUT2D eigenvalue weighted by molar-refractivity contribution is 0.427. The van der Waals surface area contributed by atoms with Crippen molar-refractivity contribution in [2.45, 2.75) is 25.8 Å². The van der Waals surface area contributed by atoms with Gasteiger partial charge >= 0.3 is 0 Å². The maximum Gasteiger partial charge on any atom is 0.207 e. The smallest absolute Gasteiger partial charge is 0.207 e. The Kier molecular flexibility index (Phi) is 4.79. The summed E-state index contributed by atoms with van der Waals surface area (Å²) in [6.45, 7) is 2.23. The van der Waals surface area contributed by atoms with Crippen LogP contribution in [0.1, 0.15) is 19.8 Å². The van der Waals surface area contributed by atoms with Crippen LogP contribution in [0.5, 0.6) is 0 Å². The summed E-state index contributed by atoms with van der Waals surface area (Å²) in [6, 6.07) is 11.9. The number of unbranched alkanes of at least 4 members (excludes halogenated alkanes) is 1. The van der Waals surface area contributed by atoms with E-state index in [1.807, 2.05) is 7.11 Å². The molecule has 1 aromatic rings. The number of benzene rings is 1. The van der Waals surface area contributed by atoms with E-state index in [0.29, 0.717) is 0 Å². The molecule has 0 spiro atoms. The highest BCUT2D eigenvalue weighted by atomic mass is 28.3. The van der Waals surface area contributed by atoms with Crippen LogP contribution in [0.2, 0.25) is 6.04 Å². The van der Waals surface area contributed by atoms with Gasteiger partial charge in [-0.3, -0.25) is 0 Å². The molecule has 0 bridgehead atoms. The Balaban J connectivity index is 2.56. The lowest BCUT2D eigenvalue weighted by atomic mass is 10.4. The van der Waals surface area contributed by atoms with E-state index in [4.69, 9.17) is 4.43 Å². The van der Waals surface area contributed by atoms with Gasteiger partial charge in [0.05, 0.1) is 0 Å².